The van der Waals surface area contributed by atoms with Gasteiger partial charge in [-0.1, -0.05) is 6.07 Å². The van der Waals surface area contributed by atoms with E-state index in [1.807, 2.05) is 6.07 Å². The SMILES string of the molecule is N[C@@H](CS[C@@H]1CC(=O)N(Cc2ccc(Oc3ccc(F)cc3)nc2)C1)C(=O)O. The van der Waals surface area contributed by atoms with Crippen LogP contribution in [-0.2, 0) is 16.1 Å². The summed E-state index contributed by atoms with van der Waals surface area (Å²) >= 11 is 1.41. The Morgan fingerprint density at radius 2 is 2.11 bits per heavy atom. The van der Waals surface area contributed by atoms with Crippen LogP contribution in [0.15, 0.2) is 42.6 Å². The fourth-order valence-corrected chi connectivity index (χ4v) is 3.89. The highest BCUT2D eigenvalue weighted by atomic mass is 32.2. The molecule has 1 amide bonds. The molecule has 2 atom stereocenters. The Morgan fingerprint density at radius 1 is 1.36 bits per heavy atom. The van der Waals surface area contributed by atoms with Gasteiger partial charge < -0.3 is 20.5 Å². The summed E-state index contributed by atoms with van der Waals surface area (Å²) in [5, 5.41) is 8.87. The third-order valence-corrected chi connectivity index (χ3v) is 5.55. The number of halogens is 1. The van der Waals surface area contributed by atoms with Gasteiger partial charge in [0.2, 0.25) is 11.8 Å². The maximum absolute atomic E-state index is 12.9. The average Bonchev–Trinajstić information content (AvgIpc) is 3.02. The molecule has 9 heteroatoms. The van der Waals surface area contributed by atoms with E-state index < -0.39 is 12.0 Å². The first-order valence-corrected chi connectivity index (χ1v) is 9.71. The first-order valence-electron chi connectivity index (χ1n) is 8.67. The summed E-state index contributed by atoms with van der Waals surface area (Å²) in [6.45, 7) is 0.967. The predicted molar refractivity (Wildman–Crippen MR) is 103 cm³/mol. The lowest BCUT2D eigenvalue weighted by Crippen LogP contribution is -2.33. The molecule has 0 saturated carbocycles. The van der Waals surface area contributed by atoms with Crippen LogP contribution in [-0.4, -0.2) is 50.5 Å². The molecule has 1 aromatic heterocycles. The van der Waals surface area contributed by atoms with Crippen molar-refractivity contribution in [1.29, 1.82) is 0 Å². The molecule has 3 rings (SSSR count). The first kappa shape index (κ1) is 20.1. The summed E-state index contributed by atoms with van der Waals surface area (Å²) in [7, 11) is 0. The van der Waals surface area contributed by atoms with Gasteiger partial charge in [-0.3, -0.25) is 9.59 Å². The fourth-order valence-electron chi connectivity index (χ4n) is 2.72. The molecule has 0 bridgehead atoms. The molecule has 7 nitrogen and oxygen atoms in total. The van der Waals surface area contributed by atoms with Crippen molar-refractivity contribution in [3.8, 4) is 11.6 Å². The third-order valence-electron chi connectivity index (χ3n) is 4.21. The number of likely N-dealkylation sites (tertiary alicyclic amines) is 1. The molecule has 28 heavy (non-hydrogen) atoms. The molecule has 0 aliphatic carbocycles. The average molecular weight is 405 g/mol. The number of benzene rings is 1. The summed E-state index contributed by atoms with van der Waals surface area (Å²) in [6.07, 6.45) is 2.00. The predicted octanol–water partition coefficient (Wildman–Crippen LogP) is 2.26. The number of amides is 1. The van der Waals surface area contributed by atoms with E-state index in [9.17, 15) is 14.0 Å². The second kappa shape index (κ2) is 9.03. The molecule has 1 aromatic carbocycles. The number of hydrogen-bond donors (Lipinski definition) is 2. The molecule has 1 aliphatic heterocycles. The number of aliphatic carboxylic acids is 1. The molecular weight excluding hydrogens is 385 g/mol. The minimum Gasteiger partial charge on any atom is -0.480 e. The van der Waals surface area contributed by atoms with Crippen molar-refractivity contribution in [2.24, 2.45) is 5.73 Å². The number of nitrogens with two attached hydrogens (primary N) is 1. The third kappa shape index (κ3) is 5.43. The zero-order chi connectivity index (χ0) is 20.1. The van der Waals surface area contributed by atoms with Crippen LogP contribution in [0.25, 0.3) is 0 Å². The number of carboxylic acids is 1. The van der Waals surface area contributed by atoms with Crippen molar-refractivity contribution in [3.63, 3.8) is 0 Å². The molecule has 1 aliphatic rings. The monoisotopic (exact) mass is 405 g/mol. The molecule has 1 fully saturated rings. The first-order chi connectivity index (χ1) is 13.4. The standard InChI is InChI=1S/C19H20FN3O4S/c20-13-2-4-14(5-3-13)27-17-6-1-12(8-22-17)9-23-10-15(7-18(23)24)28-11-16(21)19(25)26/h1-6,8,15-16H,7,9-11,21H2,(H,25,26)/t15-,16+/m1/s1. The molecule has 2 heterocycles. The molecule has 3 N–H and O–H groups in total. The van der Waals surface area contributed by atoms with Crippen LogP contribution in [0.3, 0.4) is 0 Å². The quantitative estimate of drug-likeness (QED) is 0.694. The number of carbonyl (C=O) groups is 2. The molecule has 0 unspecified atom stereocenters. The Bertz CT molecular complexity index is 832. The number of nitrogens with zero attached hydrogens (tertiary/aromatic N) is 2. The Hall–Kier alpha value is -2.65. The van der Waals surface area contributed by atoms with Gasteiger partial charge in [-0.05, 0) is 29.8 Å². The van der Waals surface area contributed by atoms with Gasteiger partial charge in [0.15, 0.2) is 0 Å². The van der Waals surface area contributed by atoms with Crippen molar-refractivity contribution in [2.75, 3.05) is 12.3 Å². The number of carboxylic acid groups (broad SMARTS) is 1. The molecule has 148 valence electrons. The topological polar surface area (TPSA) is 106 Å². The van der Waals surface area contributed by atoms with E-state index in [4.69, 9.17) is 15.6 Å². The summed E-state index contributed by atoms with van der Waals surface area (Å²) in [4.78, 5) is 28.9. The van der Waals surface area contributed by atoms with Crippen molar-refractivity contribution >= 4 is 23.6 Å². The lowest BCUT2D eigenvalue weighted by atomic mass is 10.2. The Kier molecular flexibility index (Phi) is 6.48. The Morgan fingerprint density at radius 3 is 2.75 bits per heavy atom. The second-order valence-electron chi connectivity index (χ2n) is 6.44. The zero-order valence-corrected chi connectivity index (χ0v) is 15.8. The lowest BCUT2D eigenvalue weighted by Gasteiger charge is -2.17. The van der Waals surface area contributed by atoms with E-state index in [1.165, 1.54) is 36.0 Å². The number of ether oxygens (including phenoxy) is 1. The van der Waals surface area contributed by atoms with Crippen LogP contribution in [0.2, 0.25) is 0 Å². The van der Waals surface area contributed by atoms with E-state index in [0.29, 0.717) is 31.1 Å². The summed E-state index contributed by atoms with van der Waals surface area (Å²) in [5.74, 6) is -0.226. The highest BCUT2D eigenvalue weighted by Crippen LogP contribution is 2.26. The fraction of sp³-hybridized carbons (Fsp3) is 0.316. The molecule has 2 aromatic rings. The van der Waals surface area contributed by atoms with Gasteiger partial charge in [0, 0.05) is 42.8 Å². The number of aromatic nitrogens is 1. The summed E-state index contributed by atoms with van der Waals surface area (Å²) < 4.78 is 18.5. The van der Waals surface area contributed by atoms with Crippen molar-refractivity contribution in [2.45, 2.75) is 24.3 Å². The van der Waals surface area contributed by atoms with Crippen LogP contribution in [0.1, 0.15) is 12.0 Å². The zero-order valence-electron chi connectivity index (χ0n) is 15.0. The van der Waals surface area contributed by atoms with Crippen molar-refractivity contribution in [3.05, 3.63) is 54.0 Å². The van der Waals surface area contributed by atoms with E-state index >= 15 is 0 Å². The van der Waals surface area contributed by atoms with Crippen LogP contribution in [0.4, 0.5) is 4.39 Å². The highest BCUT2D eigenvalue weighted by molar-refractivity contribution is 8.00. The molecule has 1 saturated heterocycles. The normalized spacial score (nSPS) is 17.6. The van der Waals surface area contributed by atoms with E-state index in [0.717, 1.165) is 5.56 Å². The van der Waals surface area contributed by atoms with Gasteiger partial charge in [0.05, 0.1) is 0 Å². The van der Waals surface area contributed by atoms with E-state index in [1.54, 1.807) is 17.2 Å². The van der Waals surface area contributed by atoms with Gasteiger partial charge in [-0.15, -0.1) is 0 Å². The molecule has 0 radical (unpaired) electrons. The van der Waals surface area contributed by atoms with Crippen LogP contribution in [0.5, 0.6) is 11.6 Å². The minimum atomic E-state index is -1.04. The molecular formula is C19H20FN3O4S. The maximum Gasteiger partial charge on any atom is 0.321 e. The Balaban J connectivity index is 1.51. The lowest BCUT2D eigenvalue weighted by molar-refractivity contribution is -0.138. The molecule has 0 spiro atoms. The maximum atomic E-state index is 12.9. The van der Waals surface area contributed by atoms with Gasteiger partial charge in [0.25, 0.3) is 0 Å². The van der Waals surface area contributed by atoms with Crippen molar-refractivity contribution < 1.29 is 23.8 Å². The van der Waals surface area contributed by atoms with Crippen LogP contribution in [0, 0.1) is 5.82 Å². The largest absolute Gasteiger partial charge is 0.480 e. The van der Waals surface area contributed by atoms with Gasteiger partial charge in [-0.2, -0.15) is 11.8 Å². The van der Waals surface area contributed by atoms with Crippen LogP contribution >= 0.6 is 11.8 Å². The second-order valence-corrected chi connectivity index (χ2v) is 7.77. The number of hydrogen-bond acceptors (Lipinski definition) is 6. The minimum absolute atomic E-state index is 0.0213. The number of thioether (sulfide) groups is 1. The van der Waals surface area contributed by atoms with Gasteiger partial charge >= 0.3 is 5.97 Å². The Labute approximate surface area is 165 Å². The van der Waals surface area contributed by atoms with Gasteiger partial charge in [0.1, 0.15) is 17.6 Å². The highest BCUT2D eigenvalue weighted by Gasteiger charge is 2.30. The smallest absolute Gasteiger partial charge is 0.321 e. The van der Waals surface area contributed by atoms with Gasteiger partial charge in [-0.25, -0.2) is 9.37 Å². The van der Waals surface area contributed by atoms with Crippen molar-refractivity contribution in [1.82, 2.24) is 9.88 Å². The van der Waals surface area contributed by atoms with E-state index in [-0.39, 0.29) is 22.7 Å². The van der Waals surface area contributed by atoms with E-state index in [2.05, 4.69) is 4.98 Å². The van der Waals surface area contributed by atoms with Crippen LogP contribution < -0.4 is 10.5 Å². The number of rotatable bonds is 8. The number of pyridine rings is 1. The summed E-state index contributed by atoms with van der Waals surface area (Å²) in [5.41, 5.74) is 6.36. The number of carbonyl (C=O) groups excluding carboxylic acids is 1. The summed E-state index contributed by atoms with van der Waals surface area (Å²) in [6, 6.07) is 8.23.